The summed E-state index contributed by atoms with van der Waals surface area (Å²) in [5.74, 6) is 2.27. The van der Waals surface area contributed by atoms with Crippen LogP contribution >= 0.6 is 27.5 Å². The lowest BCUT2D eigenvalue weighted by atomic mass is 9.78. The van der Waals surface area contributed by atoms with Crippen molar-refractivity contribution in [1.29, 1.82) is 0 Å². The third-order valence-corrected chi connectivity index (χ3v) is 7.90. The Kier molecular flexibility index (Phi) is 13.8. The summed E-state index contributed by atoms with van der Waals surface area (Å²) in [7, 11) is 0. The maximum absolute atomic E-state index is 10.6. The number of halogens is 2. The van der Waals surface area contributed by atoms with Crippen LogP contribution in [0.15, 0.2) is 46.9 Å². The number of hydrogen-bond donors (Lipinski definition) is 2. The van der Waals surface area contributed by atoms with Crippen LogP contribution in [0.3, 0.4) is 0 Å². The molecule has 0 saturated carbocycles. The number of benzene rings is 2. The van der Waals surface area contributed by atoms with E-state index < -0.39 is 12.2 Å². The summed E-state index contributed by atoms with van der Waals surface area (Å²) in [6.07, 6.45) is 2.20. The van der Waals surface area contributed by atoms with E-state index in [1.54, 1.807) is 0 Å². The number of aliphatic hydroxyl groups is 2. The highest BCUT2D eigenvalue weighted by atomic mass is 79.9. The molecule has 0 aliphatic heterocycles. The second kappa shape index (κ2) is 15.9. The standard InChI is InChI=1S/C30H45BrClNO4/c1-6-15-33(16-14-22(3)7-2)19-26(35)21-36-27-11-8-23(9-12-27)30(4,5)24-10-13-29(28(31)17-24)37-20-25(34)18-32/h8-13,17,22,25-26,34-35H,6-7,14-16,18-21H2,1-5H3. The van der Waals surface area contributed by atoms with Crippen molar-refractivity contribution < 1.29 is 19.7 Å². The Morgan fingerprint density at radius 1 is 0.946 bits per heavy atom. The minimum Gasteiger partial charge on any atom is -0.491 e. The van der Waals surface area contributed by atoms with Crippen LogP contribution in [0.4, 0.5) is 0 Å². The lowest BCUT2D eigenvalue weighted by Crippen LogP contribution is -2.37. The van der Waals surface area contributed by atoms with Gasteiger partial charge in [-0.2, -0.15) is 0 Å². The van der Waals surface area contributed by atoms with Gasteiger partial charge in [0.15, 0.2) is 0 Å². The molecule has 0 aliphatic rings. The lowest BCUT2D eigenvalue weighted by Gasteiger charge is -2.27. The summed E-state index contributed by atoms with van der Waals surface area (Å²) in [6.45, 7) is 14.1. The smallest absolute Gasteiger partial charge is 0.133 e. The molecule has 208 valence electrons. The molecular weight excluding hydrogens is 554 g/mol. The van der Waals surface area contributed by atoms with Gasteiger partial charge in [-0.25, -0.2) is 0 Å². The molecule has 0 saturated heterocycles. The van der Waals surface area contributed by atoms with Crippen molar-refractivity contribution in [2.45, 2.75) is 71.5 Å². The normalized spacial score (nSPS) is 14.4. The summed E-state index contributed by atoms with van der Waals surface area (Å²) in [5, 5.41) is 20.2. The van der Waals surface area contributed by atoms with Gasteiger partial charge in [0.05, 0.1) is 10.4 Å². The molecule has 0 bridgehead atoms. The van der Waals surface area contributed by atoms with Crippen LogP contribution in [0, 0.1) is 5.92 Å². The Bertz CT molecular complexity index is 924. The summed E-state index contributed by atoms with van der Waals surface area (Å²) >= 11 is 9.24. The maximum Gasteiger partial charge on any atom is 0.133 e. The number of alkyl halides is 1. The van der Waals surface area contributed by atoms with Crippen molar-refractivity contribution in [3.05, 3.63) is 58.1 Å². The molecule has 3 unspecified atom stereocenters. The number of rotatable bonds is 17. The predicted molar refractivity (Wildman–Crippen MR) is 157 cm³/mol. The van der Waals surface area contributed by atoms with E-state index in [-0.39, 0.29) is 24.5 Å². The molecule has 2 N–H and O–H groups in total. The summed E-state index contributed by atoms with van der Waals surface area (Å²) in [5.41, 5.74) is 2.03. The van der Waals surface area contributed by atoms with Gasteiger partial charge in [-0.1, -0.05) is 59.2 Å². The number of aliphatic hydroxyl groups excluding tert-OH is 2. The summed E-state index contributed by atoms with van der Waals surface area (Å²) in [6, 6.07) is 14.1. The van der Waals surface area contributed by atoms with Crippen molar-refractivity contribution in [1.82, 2.24) is 4.90 Å². The van der Waals surface area contributed by atoms with Gasteiger partial charge in [0.1, 0.15) is 36.9 Å². The van der Waals surface area contributed by atoms with Crippen LogP contribution in [0.2, 0.25) is 0 Å². The summed E-state index contributed by atoms with van der Waals surface area (Å²) in [4.78, 5) is 2.35. The predicted octanol–water partition coefficient (Wildman–Crippen LogP) is 6.64. The monoisotopic (exact) mass is 597 g/mol. The second-order valence-electron chi connectivity index (χ2n) is 10.5. The Morgan fingerprint density at radius 3 is 2.19 bits per heavy atom. The van der Waals surface area contributed by atoms with Crippen molar-refractivity contribution >= 4 is 27.5 Å². The lowest BCUT2D eigenvalue weighted by molar-refractivity contribution is 0.0663. The van der Waals surface area contributed by atoms with Gasteiger partial charge in [0.2, 0.25) is 0 Å². The van der Waals surface area contributed by atoms with Crippen LogP contribution in [0.1, 0.15) is 65.0 Å². The molecule has 37 heavy (non-hydrogen) atoms. The first-order valence-electron chi connectivity index (χ1n) is 13.4. The quantitative estimate of drug-likeness (QED) is 0.200. The molecular formula is C30H45BrClNO4. The topological polar surface area (TPSA) is 62.2 Å². The third-order valence-electron chi connectivity index (χ3n) is 6.93. The molecule has 2 aromatic carbocycles. The molecule has 0 radical (unpaired) electrons. The molecule has 5 nitrogen and oxygen atoms in total. The zero-order valence-electron chi connectivity index (χ0n) is 23.1. The fraction of sp³-hybridized carbons (Fsp3) is 0.600. The first kappa shape index (κ1) is 31.9. The van der Waals surface area contributed by atoms with Crippen LogP contribution in [0.5, 0.6) is 11.5 Å². The number of ether oxygens (including phenoxy) is 2. The largest absolute Gasteiger partial charge is 0.491 e. The highest BCUT2D eigenvalue weighted by Crippen LogP contribution is 2.36. The van der Waals surface area contributed by atoms with E-state index in [4.69, 9.17) is 21.1 Å². The fourth-order valence-corrected chi connectivity index (χ4v) is 4.71. The molecule has 0 amide bonds. The van der Waals surface area contributed by atoms with Crippen molar-refractivity contribution in [3.8, 4) is 11.5 Å². The van der Waals surface area contributed by atoms with Gasteiger partial charge in [0, 0.05) is 12.0 Å². The minimum absolute atomic E-state index is 0.136. The molecule has 3 atom stereocenters. The van der Waals surface area contributed by atoms with Gasteiger partial charge in [-0.3, -0.25) is 0 Å². The van der Waals surface area contributed by atoms with E-state index in [2.05, 4.69) is 67.6 Å². The molecule has 2 aromatic rings. The zero-order chi connectivity index (χ0) is 27.4. The highest BCUT2D eigenvalue weighted by molar-refractivity contribution is 9.10. The Hall–Kier alpha value is -1.31. The average Bonchev–Trinajstić information content (AvgIpc) is 2.89. The van der Waals surface area contributed by atoms with Crippen LogP contribution in [-0.2, 0) is 5.41 Å². The maximum atomic E-state index is 10.6. The van der Waals surface area contributed by atoms with E-state index in [0.29, 0.717) is 18.2 Å². The number of nitrogens with zero attached hydrogens (tertiary/aromatic N) is 1. The van der Waals surface area contributed by atoms with Crippen LogP contribution < -0.4 is 9.47 Å². The van der Waals surface area contributed by atoms with Gasteiger partial charge >= 0.3 is 0 Å². The van der Waals surface area contributed by atoms with Crippen LogP contribution in [0.25, 0.3) is 0 Å². The second-order valence-corrected chi connectivity index (χ2v) is 11.6. The van der Waals surface area contributed by atoms with E-state index in [9.17, 15) is 10.2 Å². The molecule has 2 rings (SSSR count). The Morgan fingerprint density at radius 2 is 1.59 bits per heavy atom. The minimum atomic E-state index is -0.698. The van der Waals surface area contributed by atoms with E-state index in [1.165, 1.54) is 6.42 Å². The first-order chi connectivity index (χ1) is 17.6. The highest BCUT2D eigenvalue weighted by Gasteiger charge is 2.24. The SMILES string of the molecule is CCCN(CCC(C)CC)CC(O)COc1ccc(C(C)(C)c2ccc(OCC(O)CCl)c(Br)c2)cc1. The van der Waals surface area contributed by atoms with Crippen molar-refractivity contribution in [2.75, 3.05) is 38.7 Å². The average molecular weight is 599 g/mol. The molecule has 0 aliphatic carbocycles. The van der Waals surface area contributed by atoms with Crippen molar-refractivity contribution in [3.63, 3.8) is 0 Å². The van der Waals surface area contributed by atoms with Crippen LogP contribution in [-0.4, -0.2) is 66.0 Å². The van der Waals surface area contributed by atoms with Gasteiger partial charge in [0.25, 0.3) is 0 Å². The van der Waals surface area contributed by atoms with Gasteiger partial charge in [-0.15, -0.1) is 11.6 Å². The number of hydrogen-bond acceptors (Lipinski definition) is 5. The molecule has 0 fully saturated rings. The molecule has 0 heterocycles. The van der Waals surface area contributed by atoms with E-state index in [0.717, 1.165) is 47.3 Å². The van der Waals surface area contributed by atoms with E-state index >= 15 is 0 Å². The first-order valence-corrected chi connectivity index (χ1v) is 14.7. The van der Waals surface area contributed by atoms with Crippen molar-refractivity contribution in [2.24, 2.45) is 5.92 Å². The third kappa shape index (κ3) is 10.4. The molecule has 7 heteroatoms. The van der Waals surface area contributed by atoms with Gasteiger partial charge < -0.3 is 24.6 Å². The Balaban J connectivity index is 1.95. The zero-order valence-corrected chi connectivity index (χ0v) is 25.4. The Labute approximate surface area is 237 Å². The summed E-state index contributed by atoms with van der Waals surface area (Å²) < 4.78 is 12.4. The van der Waals surface area contributed by atoms with E-state index in [1.807, 2.05) is 30.3 Å². The molecule has 0 spiro atoms. The molecule has 0 aromatic heterocycles. The fourth-order valence-electron chi connectivity index (χ4n) is 4.13. The van der Waals surface area contributed by atoms with Gasteiger partial charge in [-0.05, 0) is 83.2 Å².